The average Bonchev–Trinajstić information content (AvgIpc) is 2.87. The third-order valence-electron chi connectivity index (χ3n) is 3.69. The second-order valence-corrected chi connectivity index (χ2v) is 6.37. The Morgan fingerprint density at radius 3 is 3.00 bits per heavy atom. The molecule has 2 unspecified atom stereocenters. The second kappa shape index (κ2) is 5.22. The molecule has 0 bridgehead atoms. The fraction of sp³-hybridized carbons (Fsp3) is 0.400. The highest BCUT2D eigenvalue weighted by atomic mass is 79.9. The van der Waals surface area contributed by atoms with E-state index >= 15 is 0 Å². The van der Waals surface area contributed by atoms with Crippen LogP contribution in [0, 0.1) is 0 Å². The molecule has 0 fully saturated rings. The summed E-state index contributed by atoms with van der Waals surface area (Å²) in [5.41, 5.74) is 8.45. The SMILES string of the molecule is CC(C)n1cncc1C1CC(N)c2ccc(Br)cc2O1. The third-order valence-corrected chi connectivity index (χ3v) is 4.19. The van der Waals surface area contributed by atoms with E-state index in [0.717, 1.165) is 27.9 Å². The number of fused-ring (bicyclic) bond motifs is 1. The van der Waals surface area contributed by atoms with Crippen molar-refractivity contribution in [1.82, 2.24) is 9.55 Å². The lowest BCUT2D eigenvalue weighted by molar-refractivity contribution is 0.151. The average molecular weight is 336 g/mol. The number of halogens is 1. The monoisotopic (exact) mass is 335 g/mol. The van der Waals surface area contributed by atoms with Crippen LogP contribution in [-0.4, -0.2) is 9.55 Å². The Bertz CT molecular complexity index is 623. The zero-order valence-electron chi connectivity index (χ0n) is 11.6. The van der Waals surface area contributed by atoms with Gasteiger partial charge in [0, 0.05) is 28.5 Å². The van der Waals surface area contributed by atoms with Crippen LogP contribution in [0.15, 0.2) is 35.2 Å². The Kier molecular flexibility index (Phi) is 3.56. The molecule has 2 heterocycles. The number of ether oxygens (including phenoxy) is 1. The van der Waals surface area contributed by atoms with Crippen molar-refractivity contribution in [2.45, 2.75) is 38.5 Å². The number of imidazole rings is 1. The molecule has 0 spiro atoms. The first-order chi connectivity index (χ1) is 9.56. The zero-order valence-corrected chi connectivity index (χ0v) is 13.2. The highest BCUT2D eigenvalue weighted by molar-refractivity contribution is 9.10. The van der Waals surface area contributed by atoms with Crippen molar-refractivity contribution >= 4 is 15.9 Å². The molecule has 0 saturated carbocycles. The molecule has 0 amide bonds. The van der Waals surface area contributed by atoms with Crippen molar-refractivity contribution < 1.29 is 4.74 Å². The van der Waals surface area contributed by atoms with E-state index in [0.29, 0.717) is 6.04 Å². The maximum absolute atomic E-state index is 6.29. The van der Waals surface area contributed by atoms with Crippen molar-refractivity contribution in [3.05, 3.63) is 46.5 Å². The summed E-state index contributed by atoms with van der Waals surface area (Å²) in [6.45, 7) is 4.27. The molecule has 1 aromatic carbocycles. The molecule has 0 aliphatic carbocycles. The van der Waals surface area contributed by atoms with Crippen LogP contribution in [0.5, 0.6) is 5.75 Å². The number of hydrogen-bond acceptors (Lipinski definition) is 3. The molecule has 1 aliphatic rings. The van der Waals surface area contributed by atoms with E-state index in [9.17, 15) is 0 Å². The van der Waals surface area contributed by atoms with Crippen molar-refractivity contribution in [1.29, 1.82) is 0 Å². The van der Waals surface area contributed by atoms with Crippen molar-refractivity contribution in [3.63, 3.8) is 0 Å². The molecule has 0 radical (unpaired) electrons. The predicted molar refractivity (Wildman–Crippen MR) is 81.7 cm³/mol. The first-order valence-electron chi connectivity index (χ1n) is 6.79. The molecule has 1 aromatic heterocycles. The zero-order chi connectivity index (χ0) is 14.3. The van der Waals surface area contributed by atoms with E-state index in [1.54, 1.807) is 0 Å². The Morgan fingerprint density at radius 1 is 1.45 bits per heavy atom. The van der Waals surface area contributed by atoms with E-state index in [-0.39, 0.29) is 12.1 Å². The maximum Gasteiger partial charge on any atom is 0.142 e. The summed E-state index contributed by atoms with van der Waals surface area (Å²) in [5.74, 6) is 0.861. The minimum Gasteiger partial charge on any atom is -0.484 e. The van der Waals surface area contributed by atoms with Gasteiger partial charge >= 0.3 is 0 Å². The molecule has 3 rings (SSSR count). The molecule has 4 nitrogen and oxygen atoms in total. The van der Waals surface area contributed by atoms with Gasteiger partial charge in [-0.25, -0.2) is 4.98 Å². The highest BCUT2D eigenvalue weighted by Crippen LogP contribution is 2.41. The van der Waals surface area contributed by atoms with Gasteiger partial charge in [-0.15, -0.1) is 0 Å². The summed E-state index contributed by atoms with van der Waals surface area (Å²) >= 11 is 3.48. The Labute approximate surface area is 127 Å². The van der Waals surface area contributed by atoms with Gasteiger partial charge in [0.15, 0.2) is 0 Å². The van der Waals surface area contributed by atoms with Gasteiger partial charge < -0.3 is 15.0 Å². The van der Waals surface area contributed by atoms with Gasteiger partial charge in [0.2, 0.25) is 0 Å². The lowest BCUT2D eigenvalue weighted by Gasteiger charge is -2.31. The molecule has 5 heteroatoms. The number of nitrogens with two attached hydrogens (primary N) is 1. The topological polar surface area (TPSA) is 53.1 Å². The minimum absolute atomic E-state index is 0.00707. The molecule has 0 saturated heterocycles. The molecule has 20 heavy (non-hydrogen) atoms. The van der Waals surface area contributed by atoms with Crippen LogP contribution in [0.3, 0.4) is 0 Å². The first kappa shape index (κ1) is 13.6. The summed E-state index contributed by atoms with van der Waals surface area (Å²) in [7, 11) is 0. The second-order valence-electron chi connectivity index (χ2n) is 5.45. The first-order valence-corrected chi connectivity index (χ1v) is 7.59. The smallest absolute Gasteiger partial charge is 0.142 e. The highest BCUT2D eigenvalue weighted by Gasteiger charge is 2.29. The van der Waals surface area contributed by atoms with Crippen LogP contribution in [-0.2, 0) is 0 Å². The fourth-order valence-electron chi connectivity index (χ4n) is 2.65. The van der Waals surface area contributed by atoms with Gasteiger partial charge in [-0.2, -0.15) is 0 Å². The van der Waals surface area contributed by atoms with Crippen LogP contribution in [0.25, 0.3) is 0 Å². The van der Waals surface area contributed by atoms with Gasteiger partial charge in [-0.05, 0) is 26.0 Å². The van der Waals surface area contributed by atoms with Gasteiger partial charge in [0.05, 0.1) is 18.2 Å². The summed E-state index contributed by atoms with van der Waals surface area (Å²) in [4.78, 5) is 4.25. The van der Waals surface area contributed by atoms with E-state index in [1.165, 1.54) is 0 Å². The Balaban J connectivity index is 1.96. The van der Waals surface area contributed by atoms with E-state index in [2.05, 4.69) is 39.3 Å². The third kappa shape index (κ3) is 2.36. The number of aromatic nitrogens is 2. The Hall–Kier alpha value is -1.33. The van der Waals surface area contributed by atoms with Gasteiger partial charge in [0.25, 0.3) is 0 Å². The summed E-state index contributed by atoms with van der Waals surface area (Å²) in [5, 5.41) is 0. The molecular weight excluding hydrogens is 318 g/mol. The molecule has 2 atom stereocenters. The van der Waals surface area contributed by atoms with E-state index < -0.39 is 0 Å². The van der Waals surface area contributed by atoms with Crippen molar-refractivity contribution in [3.8, 4) is 5.75 Å². The van der Waals surface area contributed by atoms with Crippen LogP contribution < -0.4 is 10.5 Å². The summed E-state index contributed by atoms with van der Waals surface area (Å²) in [6, 6.07) is 6.36. The molecular formula is C15H18BrN3O. The predicted octanol–water partition coefficient (Wildman–Crippen LogP) is 3.75. The van der Waals surface area contributed by atoms with Gasteiger partial charge in [-0.1, -0.05) is 22.0 Å². The molecule has 2 N–H and O–H groups in total. The largest absolute Gasteiger partial charge is 0.484 e. The lowest BCUT2D eigenvalue weighted by Crippen LogP contribution is -2.26. The minimum atomic E-state index is -0.0447. The summed E-state index contributed by atoms with van der Waals surface area (Å²) < 4.78 is 9.29. The summed E-state index contributed by atoms with van der Waals surface area (Å²) in [6.07, 6.45) is 4.45. The van der Waals surface area contributed by atoms with Gasteiger partial charge in [-0.3, -0.25) is 0 Å². The van der Waals surface area contributed by atoms with E-state index in [1.807, 2.05) is 30.7 Å². The standard InChI is InChI=1S/C15H18BrN3O/c1-9(2)19-8-18-7-13(19)15-6-12(17)11-4-3-10(16)5-14(11)20-15/h3-5,7-9,12,15H,6,17H2,1-2H3. The van der Waals surface area contributed by atoms with Crippen LogP contribution >= 0.6 is 15.9 Å². The van der Waals surface area contributed by atoms with Crippen LogP contribution in [0.4, 0.5) is 0 Å². The number of benzene rings is 1. The van der Waals surface area contributed by atoms with Crippen LogP contribution in [0.2, 0.25) is 0 Å². The quantitative estimate of drug-likeness (QED) is 0.909. The van der Waals surface area contributed by atoms with E-state index in [4.69, 9.17) is 10.5 Å². The molecule has 2 aromatic rings. The fourth-order valence-corrected chi connectivity index (χ4v) is 2.99. The maximum atomic E-state index is 6.29. The number of rotatable bonds is 2. The normalized spacial score (nSPS) is 21.6. The number of hydrogen-bond donors (Lipinski definition) is 1. The molecule has 1 aliphatic heterocycles. The van der Waals surface area contributed by atoms with Crippen molar-refractivity contribution in [2.75, 3.05) is 0 Å². The number of nitrogens with zero attached hydrogens (tertiary/aromatic N) is 2. The van der Waals surface area contributed by atoms with Crippen molar-refractivity contribution in [2.24, 2.45) is 5.73 Å². The molecule has 106 valence electrons. The Morgan fingerprint density at radius 2 is 2.25 bits per heavy atom. The van der Waals surface area contributed by atoms with Crippen LogP contribution in [0.1, 0.15) is 49.7 Å². The van der Waals surface area contributed by atoms with Gasteiger partial charge in [0.1, 0.15) is 11.9 Å². The lowest BCUT2D eigenvalue weighted by atomic mass is 9.96.